The van der Waals surface area contributed by atoms with E-state index in [1.54, 1.807) is 0 Å². The van der Waals surface area contributed by atoms with E-state index in [0.29, 0.717) is 25.7 Å². The Morgan fingerprint density at radius 2 is 1.40 bits per heavy atom. The largest absolute Gasteiger partial charge is 0.481 e. The average Bonchev–Trinajstić information content (AvgIpc) is 3.13. The Morgan fingerprint density at radius 1 is 0.741 bits per heavy atom. The Bertz CT molecular complexity index is 1730. The van der Waals surface area contributed by atoms with Crippen LogP contribution in [0.25, 0.3) is 0 Å². The number of aliphatic carboxylic acids is 3. The van der Waals surface area contributed by atoms with Crippen LogP contribution in [0.1, 0.15) is 113 Å². The lowest BCUT2D eigenvalue weighted by Gasteiger charge is -2.70. The van der Waals surface area contributed by atoms with Crippen LogP contribution in [0.5, 0.6) is 0 Å². The minimum atomic E-state index is -1.99. The molecule has 5 saturated carbocycles. The molecule has 19 atom stereocenters. The maximum atomic E-state index is 14.9. The highest BCUT2D eigenvalue weighted by Crippen LogP contribution is 2.75. The molecule has 15 nitrogen and oxygen atoms in total. The zero-order valence-electron chi connectivity index (χ0n) is 34.7. The number of aliphatic hydroxyl groups is 5. The fraction of sp³-hybridized carbons (Fsp3) is 0.860. The van der Waals surface area contributed by atoms with Crippen molar-refractivity contribution in [1.82, 2.24) is 0 Å². The van der Waals surface area contributed by atoms with Crippen LogP contribution in [-0.2, 0) is 33.4 Å². The van der Waals surface area contributed by atoms with E-state index in [1.165, 1.54) is 0 Å². The number of ether oxygens (including phenoxy) is 3. The SMILES string of the molecule is CC1(C)[C@@H](O[C@@H]2OC(C(=O)O)[C@H](O)[C@H](O)C2O[C@@H]2CC(C(=O)O)[C@H](O)[C@H](O)C2O)CC[C@]2(C)C3C(=O)C=C4[C@@H]5C[C@@](C)(C(=O)O)CC[C@]5(C)CC[C@@]4(C)[C@]3(C)CC[C@@H]12. The first-order valence-electron chi connectivity index (χ1n) is 21.1. The van der Waals surface area contributed by atoms with Crippen molar-refractivity contribution in [2.75, 3.05) is 0 Å². The lowest BCUT2D eigenvalue weighted by molar-refractivity contribution is -0.341. The van der Waals surface area contributed by atoms with Crippen LogP contribution >= 0.6 is 0 Å². The summed E-state index contributed by atoms with van der Waals surface area (Å²) in [7, 11) is 0. The summed E-state index contributed by atoms with van der Waals surface area (Å²) in [5, 5.41) is 83.6. The molecule has 0 aromatic heterocycles. The van der Waals surface area contributed by atoms with Gasteiger partial charge in [-0.25, -0.2) is 4.79 Å². The molecule has 0 amide bonds. The van der Waals surface area contributed by atoms with Gasteiger partial charge in [0, 0.05) is 5.92 Å². The zero-order valence-corrected chi connectivity index (χ0v) is 34.7. The molecule has 6 fully saturated rings. The molecule has 1 heterocycles. The number of carboxylic acids is 3. The highest BCUT2D eigenvalue weighted by molar-refractivity contribution is 5.95. The molecule has 0 spiro atoms. The maximum absolute atomic E-state index is 14.9. The molecule has 8 N–H and O–H groups in total. The molecule has 0 aromatic carbocycles. The standard InChI is InChI=1S/C43H64O15/c1-38(2)24-8-11-43(7)33(22(44)17-20-21-18-40(4,37(54)55)13-12-39(21,3)14-15-42(20,43)6)41(24,5)10-9-25(38)57-36-32(30(49)29(48)31(58-36)35(52)53)56-23-16-19(34(50)51)26(45)28(47)27(23)46/h17,19,21,23-33,36,45-49H,8-16,18H2,1-7H3,(H,50,51)(H,52,53)(H,54,55)/t19?,21-,23+,24-,25-,26-,27?,28-,29+,30-,31?,32?,33?,36+,39+,40-,41-,42+,43+/m0/s1. The second-order valence-electron chi connectivity index (χ2n) is 21.1. The predicted molar refractivity (Wildman–Crippen MR) is 203 cm³/mol. The summed E-state index contributed by atoms with van der Waals surface area (Å²) in [6.07, 6.45) is -9.05. The van der Waals surface area contributed by atoms with Crippen molar-refractivity contribution in [2.24, 2.45) is 56.2 Å². The summed E-state index contributed by atoms with van der Waals surface area (Å²) in [6.45, 7) is 14.9. The highest BCUT2D eigenvalue weighted by atomic mass is 16.7. The Balaban J connectivity index is 1.17. The summed E-state index contributed by atoms with van der Waals surface area (Å²) in [6, 6.07) is 0. The number of fused-ring (bicyclic) bond motifs is 7. The van der Waals surface area contributed by atoms with Crippen LogP contribution in [0.2, 0.25) is 0 Å². The maximum Gasteiger partial charge on any atom is 0.335 e. The first-order valence-corrected chi connectivity index (χ1v) is 21.1. The number of allylic oxidation sites excluding steroid dienone is 2. The van der Waals surface area contributed by atoms with Gasteiger partial charge in [0.1, 0.15) is 30.5 Å². The van der Waals surface area contributed by atoms with Gasteiger partial charge in [0.2, 0.25) is 0 Å². The van der Waals surface area contributed by atoms with Crippen LogP contribution in [-0.4, -0.2) is 126 Å². The second-order valence-corrected chi connectivity index (χ2v) is 21.1. The van der Waals surface area contributed by atoms with Crippen LogP contribution in [0.15, 0.2) is 11.6 Å². The molecule has 6 aliphatic carbocycles. The summed E-state index contributed by atoms with van der Waals surface area (Å²) in [5.41, 5.74) is -1.71. The fourth-order valence-electron chi connectivity index (χ4n) is 13.8. The molecule has 326 valence electrons. The molecule has 7 aliphatic rings. The lowest BCUT2D eigenvalue weighted by Crippen LogP contribution is -2.68. The third-order valence-corrected chi connectivity index (χ3v) is 17.7. The first-order chi connectivity index (χ1) is 26.8. The van der Waals surface area contributed by atoms with Crippen molar-refractivity contribution < 1.29 is 74.2 Å². The van der Waals surface area contributed by atoms with Crippen molar-refractivity contribution >= 4 is 23.7 Å². The second kappa shape index (κ2) is 14.3. The van der Waals surface area contributed by atoms with Crippen molar-refractivity contribution in [1.29, 1.82) is 0 Å². The number of carboxylic acid groups (broad SMARTS) is 3. The summed E-state index contributed by atoms with van der Waals surface area (Å²) in [5.74, 6) is -5.68. The normalized spacial score (nSPS) is 52.6. The third-order valence-electron chi connectivity index (χ3n) is 17.7. The average molecular weight is 821 g/mol. The molecule has 7 rings (SSSR count). The molecule has 0 aromatic rings. The minimum absolute atomic E-state index is 0.0128. The molecule has 15 heteroatoms. The van der Waals surface area contributed by atoms with Gasteiger partial charge in [-0.1, -0.05) is 47.1 Å². The van der Waals surface area contributed by atoms with Crippen LogP contribution in [0, 0.1) is 56.2 Å². The fourth-order valence-corrected chi connectivity index (χ4v) is 13.8. The quantitative estimate of drug-likeness (QED) is 0.172. The van der Waals surface area contributed by atoms with E-state index in [4.69, 9.17) is 14.2 Å². The highest BCUT2D eigenvalue weighted by Gasteiger charge is 2.71. The van der Waals surface area contributed by atoms with Gasteiger partial charge in [0.05, 0.1) is 29.6 Å². The Kier molecular flexibility index (Phi) is 10.7. The van der Waals surface area contributed by atoms with Crippen LogP contribution in [0.4, 0.5) is 0 Å². The summed E-state index contributed by atoms with van der Waals surface area (Å²) < 4.78 is 18.4. The van der Waals surface area contributed by atoms with E-state index in [9.17, 15) is 60.0 Å². The lowest BCUT2D eigenvalue weighted by atomic mass is 9.33. The monoisotopic (exact) mass is 820 g/mol. The number of ketones is 1. The van der Waals surface area contributed by atoms with E-state index in [-0.39, 0.29) is 34.4 Å². The Morgan fingerprint density at radius 3 is 2.02 bits per heavy atom. The van der Waals surface area contributed by atoms with Crippen molar-refractivity contribution in [3.8, 4) is 0 Å². The van der Waals surface area contributed by atoms with E-state index in [0.717, 1.165) is 37.7 Å². The van der Waals surface area contributed by atoms with Gasteiger partial charge in [-0.15, -0.1) is 0 Å². The molecule has 1 saturated heterocycles. The summed E-state index contributed by atoms with van der Waals surface area (Å²) >= 11 is 0. The van der Waals surface area contributed by atoms with Gasteiger partial charge in [-0.05, 0) is 116 Å². The van der Waals surface area contributed by atoms with E-state index >= 15 is 0 Å². The minimum Gasteiger partial charge on any atom is -0.481 e. The smallest absolute Gasteiger partial charge is 0.335 e. The molecule has 0 bridgehead atoms. The van der Waals surface area contributed by atoms with Crippen molar-refractivity contribution in [3.63, 3.8) is 0 Å². The van der Waals surface area contributed by atoms with E-state index < -0.39 is 113 Å². The van der Waals surface area contributed by atoms with Gasteiger partial charge in [-0.2, -0.15) is 0 Å². The third kappa shape index (κ3) is 6.26. The molecule has 0 radical (unpaired) electrons. The predicted octanol–water partition coefficient (Wildman–Crippen LogP) is 2.91. The molecular formula is C43H64O15. The van der Waals surface area contributed by atoms with Crippen molar-refractivity contribution in [2.45, 2.75) is 174 Å². The number of aliphatic hydroxyl groups excluding tert-OH is 5. The van der Waals surface area contributed by atoms with Gasteiger partial charge < -0.3 is 55.1 Å². The molecular weight excluding hydrogens is 756 g/mol. The van der Waals surface area contributed by atoms with Gasteiger partial charge in [-0.3, -0.25) is 14.4 Å². The Hall–Kier alpha value is -2.50. The number of hydrogen-bond donors (Lipinski definition) is 8. The number of carbonyl (C=O) groups excluding carboxylic acids is 1. The Labute approximate surface area is 339 Å². The van der Waals surface area contributed by atoms with Gasteiger partial charge >= 0.3 is 17.9 Å². The zero-order chi connectivity index (χ0) is 42.9. The van der Waals surface area contributed by atoms with Crippen molar-refractivity contribution in [3.05, 3.63) is 11.6 Å². The topological polar surface area (TPSA) is 258 Å². The van der Waals surface area contributed by atoms with E-state index in [2.05, 4.69) is 27.7 Å². The molecule has 5 unspecified atom stereocenters. The number of carbonyl (C=O) groups is 4. The first kappa shape index (κ1) is 43.6. The number of rotatable bonds is 7. The van der Waals surface area contributed by atoms with Gasteiger partial charge in [0.25, 0.3) is 0 Å². The van der Waals surface area contributed by atoms with Gasteiger partial charge in [0.15, 0.2) is 18.2 Å². The molecule has 1 aliphatic heterocycles. The summed E-state index contributed by atoms with van der Waals surface area (Å²) in [4.78, 5) is 51.5. The van der Waals surface area contributed by atoms with Crippen LogP contribution < -0.4 is 0 Å². The van der Waals surface area contributed by atoms with E-state index in [1.807, 2.05) is 26.8 Å². The molecule has 58 heavy (non-hydrogen) atoms. The van der Waals surface area contributed by atoms with Crippen LogP contribution in [0.3, 0.4) is 0 Å². The number of hydrogen-bond acceptors (Lipinski definition) is 12.